The molecule has 0 aliphatic heterocycles. The maximum atomic E-state index is 9.17. The molecular weight excluding hydrogens is 156 g/mol. The van der Waals surface area contributed by atoms with Crippen molar-refractivity contribution in [1.82, 2.24) is 0 Å². The number of hydrogen-bond donors (Lipinski definition) is 0. The van der Waals surface area contributed by atoms with Gasteiger partial charge in [0.15, 0.2) is 0 Å². The molecule has 0 rings (SSSR count). The monoisotopic (exact) mass is 172 g/mol. The molecule has 0 heterocycles. The molecule has 0 aliphatic rings. The van der Waals surface area contributed by atoms with Crippen molar-refractivity contribution in [2.45, 2.75) is 26.7 Å². The van der Waals surface area contributed by atoms with E-state index in [-0.39, 0.29) is 0 Å². The van der Waals surface area contributed by atoms with E-state index in [1.54, 1.807) is 0 Å². The van der Waals surface area contributed by atoms with Crippen LogP contribution < -0.4 is 0 Å². The van der Waals surface area contributed by atoms with Crippen LogP contribution in [0.4, 0.5) is 0 Å². The van der Waals surface area contributed by atoms with Crippen LogP contribution in [0, 0.1) is 0 Å². The first-order chi connectivity index (χ1) is 5.74. The highest BCUT2D eigenvalue weighted by Crippen LogP contribution is 1.53. The number of carbonyl (C=O) groups excluding carboxylic acids is 3. The molecule has 0 aliphatic carbocycles. The second-order valence-electron chi connectivity index (χ2n) is 1.52. The quantitative estimate of drug-likeness (QED) is 0.479. The lowest BCUT2D eigenvalue weighted by atomic mass is 10.6. The Morgan fingerprint density at radius 3 is 1.17 bits per heavy atom. The van der Waals surface area contributed by atoms with Gasteiger partial charge in [0.05, 0.1) is 0 Å². The van der Waals surface area contributed by atoms with Crippen LogP contribution in [-0.2, 0) is 14.4 Å². The van der Waals surface area contributed by atoms with E-state index in [0.717, 1.165) is 12.6 Å². The van der Waals surface area contributed by atoms with Gasteiger partial charge in [-0.1, -0.05) is 20.4 Å². The zero-order valence-electron chi connectivity index (χ0n) is 7.66. The molecule has 0 fully saturated rings. The van der Waals surface area contributed by atoms with E-state index >= 15 is 0 Å². The van der Waals surface area contributed by atoms with Gasteiger partial charge in [0.25, 0.3) is 0 Å². The zero-order chi connectivity index (χ0) is 10.2. The van der Waals surface area contributed by atoms with E-state index < -0.39 is 0 Å². The summed E-state index contributed by atoms with van der Waals surface area (Å²) in [5.74, 6) is 0. The molecule has 12 heavy (non-hydrogen) atoms. The molecule has 0 saturated heterocycles. The molecule has 0 unspecified atom stereocenters. The minimum absolute atomic E-state index is 0.639. The lowest BCUT2D eigenvalue weighted by molar-refractivity contribution is -0.108. The topological polar surface area (TPSA) is 51.2 Å². The fraction of sp³-hybridized carbons (Fsp3) is 0.444. The van der Waals surface area contributed by atoms with Crippen LogP contribution in [0.15, 0.2) is 12.7 Å². The smallest absolute Gasteiger partial charge is 0.142 e. The van der Waals surface area contributed by atoms with E-state index in [0.29, 0.717) is 19.1 Å². The molecule has 0 N–H and O–H groups in total. The van der Waals surface area contributed by atoms with E-state index in [2.05, 4.69) is 6.58 Å². The Morgan fingerprint density at radius 2 is 1.17 bits per heavy atom. The molecule has 0 spiro atoms. The average Bonchev–Trinajstić information content (AvgIpc) is 2.18. The third kappa shape index (κ3) is 172. The predicted octanol–water partition coefficient (Wildman–Crippen LogP) is 1.56. The standard InChI is InChI=1S/2C3H6O.C3H4O/c3*1-2-3-4/h2*3H,2H2,1H3;2-3H,1H2. The van der Waals surface area contributed by atoms with E-state index in [9.17, 15) is 9.59 Å². The van der Waals surface area contributed by atoms with Crippen molar-refractivity contribution >= 4 is 18.9 Å². The van der Waals surface area contributed by atoms with Gasteiger partial charge in [-0.2, -0.15) is 0 Å². The first-order valence-electron chi connectivity index (χ1n) is 3.68. The van der Waals surface area contributed by atoms with E-state index in [1.807, 2.05) is 13.8 Å². The van der Waals surface area contributed by atoms with Crippen LogP contribution in [0.1, 0.15) is 26.7 Å². The summed E-state index contributed by atoms with van der Waals surface area (Å²) in [6.07, 6.45) is 4.86. The van der Waals surface area contributed by atoms with Crippen molar-refractivity contribution in [3.8, 4) is 0 Å². The van der Waals surface area contributed by atoms with Crippen molar-refractivity contribution in [1.29, 1.82) is 0 Å². The Morgan fingerprint density at radius 1 is 1.00 bits per heavy atom. The molecule has 0 bridgehead atoms. The van der Waals surface area contributed by atoms with Crippen molar-refractivity contribution in [3.63, 3.8) is 0 Å². The maximum absolute atomic E-state index is 9.17. The van der Waals surface area contributed by atoms with Crippen LogP contribution in [0.25, 0.3) is 0 Å². The lowest BCUT2D eigenvalue weighted by Crippen LogP contribution is -1.55. The number of aldehydes is 3. The molecule has 0 amide bonds. The Bertz CT molecular complexity index is 94.3. The number of allylic oxidation sites excluding steroid dienone is 1. The van der Waals surface area contributed by atoms with Crippen molar-refractivity contribution in [2.75, 3.05) is 0 Å². The van der Waals surface area contributed by atoms with Gasteiger partial charge >= 0.3 is 0 Å². The largest absolute Gasteiger partial charge is 0.303 e. The van der Waals surface area contributed by atoms with Crippen molar-refractivity contribution in [2.24, 2.45) is 0 Å². The summed E-state index contributed by atoms with van der Waals surface area (Å²) in [6, 6.07) is 0. The van der Waals surface area contributed by atoms with Crippen LogP contribution in [0.5, 0.6) is 0 Å². The highest BCUT2D eigenvalue weighted by Gasteiger charge is 1.53. The summed E-state index contributed by atoms with van der Waals surface area (Å²) in [4.78, 5) is 27.4. The van der Waals surface area contributed by atoms with Gasteiger partial charge in [-0.25, -0.2) is 0 Å². The highest BCUT2D eigenvalue weighted by molar-refractivity contribution is 5.63. The lowest BCUT2D eigenvalue weighted by Gasteiger charge is -1.51. The van der Waals surface area contributed by atoms with E-state index in [4.69, 9.17) is 4.79 Å². The van der Waals surface area contributed by atoms with Gasteiger partial charge in [-0.15, -0.1) is 0 Å². The Labute approximate surface area is 73.5 Å². The highest BCUT2D eigenvalue weighted by atomic mass is 16.1. The molecule has 0 aromatic rings. The van der Waals surface area contributed by atoms with Gasteiger partial charge in [-0.05, 0) is 6.08 Å². The number of hydrogen-bond acceptors (Lipinski definition) is 3. The van der Waals surface area contributed by atoms with Gasteiger partial charge in [0, 0.05) is 12.8 Å². The van der Waals surface area contributed by atoms with Crippen LogP contribution in [-0.4, -0.2) is 18.9 Å². The summed E-state index contributed by atoms with van der Waals surface area (Å²) in [5.41, 5.74) is 0. The first kappa shape index (κ1) is 17.0. The third-order valence-electron chi connectivity index (χ3n) is 0.430. The van der Waals surface area contributed by atoms with Gasteiger partial charge in [0.1, 0.15) is 18.9 Å². The summed E-state index contributed by atoms with van der Waals surface area (Å²) in [5, 5.41) is 0. The first-order valence-corrected chi connectivity index (χ1v) is 3.68. The molecular formula is C9H16O3. The third-order valence-corrected chi connectivity index (χ3v) is 0.430. The molecule has 3 nitrogen and oxygen atoms in total. The molecule has 0 aromatic carbocycles. The van der Waals surface area contributed by atoms with Gasteiger partial charge in [-0.3, -0.25) is 4.79 Å². The molecule has 0 radical (unpaired) electrons. The summed E-state index contributed by atoms with van der Waals surface area (Å²) in [6.45, 7) is 6.74. The van der Waals surface area contributed by atoms with Crippen LogP contribution in [0.3, 0.4) is 0 Å². The predicted molar refractivity (Wildman–Crippen MR) is 49.0 cm³/mol. The van der Waals surface area contributed by atoms with Crippen molar-refractivity contribution < 1.29 is 14.4 Å². The zero-order valence-corrected chi connectivity index (χ0v) is 7.66. The van der Waals surface area contributed by atoms with Crippen molar-refractivity contribution in [3.05, 3.63) is 12.7 Å². The van der Waals surface area contributed by atoms with E-state index in [1.165, 1.54) is 6.08 Å². The molecule has 0 atom stereocenters. The molecule has 70 valence electrons. The fourth-order valence-corrected chi connectivity index (χ4v) is 0. The summed E-state index contributed by atoms with van der Waals surface area (Å²) < 4.78 is 0. The minimum Gasteiger partial charge on any atom is -0.303 e. The second kappa shape index (κ2) is 33.1. The van der Waals surface area contributed by atoms with Crippen LogP contribution in [0.2, 0.25) is 0 Å². The second-order valence-corrected chi connectivity index (χ2v) is 1.52. The summed E-state index contributed by atoms with van der Waals surface area (Å²) in [7, 11) is 0. The summed E-state index contributed by atoms with van der Waals surface area (Å²) >= 11 is 0. The van der Waals surface area contributed by atoms with Gasteiger partial charge < -0.3 is 9.59 Å². The number of carbonyl (C=O) groups is 3. The minimum atomic E-state index is 0.639. The number of rotatable bonds is 3. The molecule has 3 heteroatoms. The Kier molecular flexibility index (Phi) is 46.9. The SMILES string of the molecule is C=CC=O.CCC=O.CCC=O. The fourth-order valence-electron chi connectivity index (χ4n) is 0. The Balaban J connectivity index is -0.000000101. The molecule has 0 saturated carbocycles. The Hall–Kier alpha value is -1.25. The van der Waals surface area contributed by atoms with Crippen LogP contribution >= 0.6 is 0 Å². The maximum Gasteiger partial charge on any atom is 0.142 e. The van der Waals surface area contributed by atoms with Gasteiger partial charge in [0.2, 0.25) is 0 Å². The molecule has 0 aromatic heterocycles. The average molecular weight is 172 g/mol. The normalized spacial score (nSPS) is 5.83.